The maximum atomic E-state index is 12.7. The first-order chi connectivity index (χ1) is 7.10. The van der Waals surface area contributed by atoms with E-state index in [0.29, 0.717) is 11.4 Å². The molecule has 0 radical (unpaired) electrons. The Labute approximate surface area is 91.5 Å². The van der Waals surface area contributed by atoms with E-state index in [0.717, 1.165) is 0 Å². The smallest absolute Gasteiger partial charge is 0.257 e. The van der Waals surface area contributed by atoms with Crippen LogP contribution < -0.4 is 0 Å². The maximum absolute atomic E-state index is 12.7. The molecule has 0 aliphatic rings. The molecule has 0 aromatic carbocycles. The molecular weight excluding hydrogens is 222 g/mol. The number of aromatic nitrogens is 1. The van der Waals surface area contributed by atoms with Crippen LogP contribution in [0.25, 0.3) is 0 Å². The summed E-state index contributed by atoms with van der Waals surface area (Å²) in [4.78, 5) is 4.04. The molecule has 0 spiro atoms. The lowest BCUT2D eigenvalue weighted by atomic mass is 10.0. The van der Waals surface area contributed by atoms with Crippen LogP contribution in [0.3, 0.4) is 0 Å². The van der Waals surface area contributed by atoms with Crippen LogP contribution in [-0.2, 0) is 12.3 Å². The molecule has 1 aromatic heterocycles. The minimum absolute atomic E-state index is 0.0401. The molecule has 1 rings (SSSR count). The summed E-state index contributed by atoms with van der Waals surface area (Å²) in [6.07, 6.45) is -2.69. The van der Waals surface area contributed by atoms with E-state index >= 15 is 0 Å². The number of nitrogens with zero attached hydrogens (tertiary/aromatic N) is 2. The van der Waals surface area contributed by atoms with Crippen LogP contribution in [0.2, 0.25) is 0 Å². The van der Waals surface area contributed by atoms with Gasteiger partial charge in [-0.15, -0.1) is 11.6 Å². The summed E-state index contributed by atoms with van der Waals surface area (Å²) in [5, 5.41) is 8.55. The van der Waals surface area contributed by atoms with E-state index in [1.165, 1.54) is 6.07 Å². The normalized spacial score (nSPS) is 10.4. The predicted octanol–water partition coefficient (Wildman–Crippen LogP) is 3.13. The van der Waals surface area contributed by atoms with E-state index in [9.17, 15) is 8.78 Å². The average Bonchev–Trinajstić information content (AvgIpc) is 2.19. The van der Waals surface area contributed by atoms with E-state index in [2.05, 4.69) is 4.98 Å². The van der Waals surface area contributed by atoms with Gasteiger partial charge in [0.1, 0.15) is 0 Å². The molecule has 0 unspecified atom stereocenters. The Hall–Kier alpha value is -1.21. The lowest BCUT2D eigenvalue weighted by Gasteiger charge is -2.10. The second-order valence-corrected chi connectivity index (χ2v) is 3.31. The fourth-order valence-corrected chi connectivity index (χ4v) is 1.60. The van der Waals surface area contributed by atoms with Crippen LogP contribution >= 0.6 is 11.6 Å². The lowest BCUT2D eigenvalue weighted by molar-refractivity contribution is 0.150. The molecule has 1 heterocycles. The molecule has 15 heavy (non-hydrogen) atoms. The zero-order chi connectivity index (χ0) is 11.4. The Balaban J connectivity index is 3.34. The summed E-state index contributed by atoms with van der Waals surface area (Å²) in [6, 6.07) is 3.14. The fraction of sp³-hybridized carbons (Fsp3) is 0.400. The molecule has 0 N–H and O–H groups in total. The van der Waals surface area contributed by atoms with Crippen LogP contribution in [-0.4, -0.2) is 4.98 Å². The van der Waals surface area contributed by atoms with Crippen molar-refractivity contribution in [2.45, 2.75) is 25.7 Å². The summed E-state index contributed by atoms with van der Waals surface area (Å²) in [5.41, 5.74) is 0.976. The standard InChI is InChI=1S/C10H9ClF2N2/c1-6-4-8(10(12)13)7(2-3-14)9(5-11)15-6/h4,10H,2,5H2,1H3. The van der Waals surface area contributed by atoms with Crippen LogP contribution in [0.5, 0.6) is 0 Å². The van der Waals surface area contributed by atoms with Gasteiger partial charge in [-0.1, -0.05) is 0 Å². The van der Waals surface area contributed by atoms with Gasteiger partial charge in [-0.25, -0.2) is 8.78 Å². The summed E-state index contributed by atoms with van der Waals surface area (Å²) >= 11 is 5.60. The van der Waals surface area contributed by atoms with Gasteiger partial charge in [-0.05, 0) is 18.6 Å². The van der Waals surface area contributed by atoms with Gasteiger partial charge in [0.05, 0.1) is 24.1 Å². The van der Waals surface area contributed by atoms with Gasteiger partial charge in [0.15, 0.2) is 0 Å². The van der Waals surface area contributed by atoms with Crippen molar-refractivity contribution in [2.24, 2.45) is 0 Å². The van der Waals surface area contributed by atoms with Crippen LogP contribution in [0.4, 0.5) is 8.78 Å². The van der Waals surface area contributed by atoms with Gasteiger partial charge >= 0.3 is 0 Å². The number of nitriles is 1. The highest BCUT2D eigenvalue weighted by Gasteiger charge is 2.17. The maximum Gasteiger partial charge on any atom is 0.264 e. The molecule has 0 saturated heterocycles. The SMILES string of the molecule is Cc1cc(C(F)F)c(CC#N)c(CCl)n1. The Morgan fingerprint density at radius 1 is 1.60 bits per heavy atom. The Morgan fingerprint density at radius 2 is 2.27 bits per heavy atom. The highest BCUT2D eigenvalue weighted by molar-refractivity contribution is 6.17. The zero-order valence-corrected chi connectivity index (χ0v) is 8.85. The van der Waals surface area contributed by atoms with Crippen LogP contribution in [0.15, 0.2) is 6.07 Å². The largest absolute Gasteiger partial charge is 0.264 e. The number of hydrogen-bond donors (Lipinski definition) is 0. The lowest BCUT2D eigenvalue weighted by Crippen LogP contribution is -2.03. The summed E-state index contributed by atoms with van der Waals surface area (Å²) in [7, 11) is 0. The summed E-state index contributed by atoms with van der Waals surface area (Å²) in [6.45, 7) is 1.62. The quantitative estimate of drug-likeness (QED) is 0.748. The molecule has 0 amide bonds. The molecule has 0 bridgehead atoms. The van der Waals surface area contributed by atoms with E-state index < -0.39 is 6.43 Å². The third-order valence-corrected chi connectivity index (χ3v) is 2.24. The van der Waals surface area contributed by atoms with Gasteiger partial charge in [0.2, 0.25) is 0 Å². The molecule has 0 atom stereocenters. The van der Waals surface area contributed by atoms with E-state index in [1.807, 2.05) is 6.07 Å². The van der Waals surface area contributed by atoms with E-state index in [-0.39, 0.29) is 23.4 Å². The molecule has 0 aliphatic heterocycles. The van der Waals surface area contributed by atoms with Gasteiger partial charge in [-0.3, -0.25) is 4.98 Å². The summed E-state index contributed by atoms with van der Waals surface area (Å²) in [5.74, 6) is 0.0401. The number of hydrogen-bond acceptors (Lipinski definition) is 2. The first-order valence-corrected chi connectivity index (χ1v) is 4.84. The number of pyridine rings is 1. The molecule has 2 nitrogen and oxygen atoms in total. The first kappa shape index (κ1) is 11.9. The minimum atomic E-state index is -2.60. The highest BCUT2D eigenvalue weighted by atomic mass is 35.5. The van der Waals surface area contributed by atoms with Crippen LogP contribution in [0.1, 0.15) is 28.9 Å². The fourth-order valence-electron chi connectivity index (χ4n) is 1.38. The van der Waals surface area contributed by atoms with Crippen molar-refractivity contribution in [1.29, 1.82) is 5.26 Å². The molecule has 0 fully saturated rings. The van der Waals surface area contributed by atoms with Gasteiger partial charge in [0.25, 0.3) is 6.43 Å². The molecule has 0 aliphatic carbocycles. The number of halogens is 3. The minimum Gasteiger partial charge on any atom is -0.257 e. The van der Waals surface area contributed by atoms with Gasteiger partial charge in [-0.2, -0.15) is 5.26 Å². The highest BCUT2D eigenvalue weighted by Crippen LogP contribution is 2.26. The monoisotopic (exact) mass is 230 g/mol. The van der Waals surface area contributed by atoms with Crippen molar-refractivity contribution in [3.8, 4) is 6.07 Å². The number of alkyl halides is 3. The van der Waals surface area contributed by atoms with Crippen LogP contribution in [0, 0.1) is 18.3 Å². The second kappa shape index (κ2) is 5.04. The van der Waals surface area contributed by atoms with Gasteiger partial charge in [0, 0.05) is 11.3 Å². The van der Waals surface area contributed by atoms with Crippen molar-refractivity contribution in [3.05, 3.63) is 28.6 Å². The van der Waals surface area contributed by atoms with E-state index in [4.69, 9.17) is 16.9 Å². The number of aryl methyl sites for hydroxylation is 1. The molecule has 0 saturated carbocycles. The number of rotatable bonds is 3. The van der Waals surface area contributed by atoms with Crippen molar-refractivity contribution in [1.82, 2.24) is 4.98 Å². The average molecular weight is 231 g/mol. The van der Waals surface area contributed by atoms with Crippen molar-refractivity contribution >= 4 is 11.6 Å². The molecule has 5 heteroatoms. The Bertz CT molecular complexity index is 399. The topological polar surface area (TPSA) is 36.7 Å². The third-order valence-electron chi connectivity index (χ3n) is 1.99. The molecule has 1 aromatic rings. The van der Waals surface area contributed by atoms with Crippen molar-refractivity contribution in [2.75, 3.05) is 0 Å². The first-order valence-electron chi connectivity index (χ1n) is 4.30. The van der Waals surface area contributed by atoms with Crippen molar-refractivity contribution < 1.29 is 8.78 Å². The molecule has 80 valence electrons. The predicted molar refractivity (Wildman–Crippen MR) is 52.8 cm³/mol. The second-order valence-electron chi connectivity index (χ2n) is 3.05. The third kappa shape index (κ3) is 2.63. The molecular formula is C10H9ClF2N2. The Morgan fingerprint density at radius 3 is 2.73 bits per heavy atom. The Kier molecular flexibility index (Phi) is 3.98. The van der Waals surface area contributed by atoms with Crippen molar-refractivity contribution in [3.63, 3.8) is 0 Å². The zero-order valence-electron chi connectivity index (χ0n) is 8.10. The summed E-state index contributed by atoms with van der Waals surface area (Å²) < 4.78 is 25.3. The van der Waals surface area contributed by atoms with E-state index in [1.54, 1.807) is 6.92 Å². The van der Waals surface area contributed by atoms with Gasteiger partial charge < -0.3 is 0 Å².